The molecule has 33 heavy (non-hydrogen) atoms. The summed E-state index contributed by atoms with van der Waals surface area (Å²) in [5.74, 6) is 3.03. The molecule has 0 aliphatic rings. The molecule has 0 fully saturated rings. The third kappa shape index (κ3) is 9.54. The third-order valence-corrected chi connectivity index (χ3v) is 5.99. The number of halogens is 1. The molecular formula is C26H37ClLiO4P. The van der Waals surface area contributed by atoms with Gasteiger partial charge in [0.25, 0.3) is 0 Å². The normalized spacial score (nSPS) is 11.4. The van der Waals surface area contributed by atoms with Gasteiger partial charge in [0.2, 0.25) is 0 Å². The third-order valence-electron chi connectivity index (χ3n) is 4.45. The van der Waals surface area contributed by atoms with E-state index >= 15 is 0 Å². The maximum absolute atomic E-state index is 13.3. The molecule has 0 spiro atoms. The molecule has 1 atom stereocenters. The Kier molecular flexibility index (Phi) is 12.9. The van der Waals surface area contributed by atoms with Gasteiger partial charge in [0, 0.05) is 17.7 Å². The van der Waals surface area contributed by atoms with Crippen LogP contribution in [0.2, 0.25) is 5.02 Å². The fraction of sp³-hybridized carbons (Fsp3) is 0.500. The van der Waals surface area contributed by atoms with Gasteiger partial charge in [-0.05, 0) is 44.9 Å². The number of hydrogen-bond acceptors (Lipinski definition) is 4. The van der Waals surface area contributed by atoms with Gasteiger partial charge in [-0.3, -0.25) is 4.79 Å². The number of carbonyl (C=O) groups is 1. The van der Waals surface area contributed by atoms with Crippen LogP contribution in [0.4, 0.5) is 0 Å². The number of hydrogen-bond donors (Lipinski definition) is 0. The van der Waals surface area contributed by atoms with Gasteiger partial charge in [0.15, 0.2) is 5.52 Å². The van der Waals surface area contributed by atoms with Crippen molar-refractivity contribution in [3.8, 4) is 17.2 Å². The first-order chi connectivity index (χ1) is 15.1. The zero-order chi connectivity index (χ0) is 23.8. The molecule has 0 aliphatic heterocycles. The largest absolute Gasteiger partial charge is 1.00 e. The summed E-state index contributed by atoms with van der Waals surface area (Å²) in [6, 6.07) is 9.26. The first-order valence-electron chi connectivity index (χ1n) is 11.2. The number of carbonyl (C=O) groups excluding carboxylic acids is 1. The van der Waals surface area contributed by atoms with Crippen molar-refractivity contribution in [3.63, 3.8) is 0 Å². The second-order valence-electron chi connectivity index (χ2n) is 9.29. The van der Waals surface area contributed by atoms with Crippen molar-refractivity contribution in [3.05, 3.63) is 46.5 Å². The van der Waals surface area contributed by atoms with Crippen LogP contribution in [0.15, 0.2) is 30.3 Å². The first kappa shape index (κ1) is 29.9. The van der Waals surface area contributed by atoms with Crippen molar-refractivity contribution in [1.29, 1.82) is 0 Å². The SMILES string of the molecule is Cc1cccc(Cl)c1C(=O)Pc1c(OCC(C)C)cc(OCC(C)C)cc1OCC(C)C.[H-].[Li+]. The Morgan fingerprint density at radius 3 is 1.85 bits per heavy atom. The Labute approximate surface area is 219 Å². The van der Waals surface area contributed by atoms with E-state index in [0.29, 0.717) is 65.4 Å². The molecule has 2 rings (SSSR count). The van der Waals surface area contributed by atoms with Crippen molar-refractivity contribution in [2.75, 3.05) is 19.8 Å². The Hall–Kier alpha value is -1.17. The van der Waals surface area contributed by atoms with Crippen LogP contribution in [0.1, 0.15) is 58.9 Å². The van der Waals surface area contributed by atoms with Crippen molar-refractivity contribution < 1.29 is 39.3 Å². The van der Waals surface area contributed by atoms with Crippen LogP contribution < -0.4 is 38.4 Å². The summed E-state index contributed by atoms with van der Waals surface area (Å²) in [6.45, 7) is 16.1. The molecule has 7 heteroatoms. The van der Waals surface area contributed by atoms with Crippen LogP contribution in [-0.2, 0) is 0 Å². The van der Waals surface area contributed by atoms with E-state index < -0.39 is 0 Å². The smallest absolute Gasteiger partial charge is 1.00 e. The molecule has 0 saturated carbocycles. The van der Waals surface area contributed by atoms with E-state index in [4.69, 9.17) is 25.8 Å². The van der Waals surface area contributed by atoms with E-state index in [-0.39, 0.29) is 34.4 Å². The van der Waals surface area contributed by atoms with Gasteiger partial charge in [-0.1, -0.05) is 65.3 Å². The summed E-state index contributed by atoms with van der Waals surface area (Å²) in [4.78, 5) is 13.3. The molecule has 0 heterocycles. The van der Waals surface area contributed by atoms with Crippen LogP contribution in [-0.4, -0.2) is 25.3 Å². The fourth-order valence-corrected chi connectivity index (χ4v) is 4.48. The fourth-order valence-electron chi connectivity index (χ4n) is 2.87. The molecule has 0 aromatic heterocycles. The molecule has 178 valence electrons. The summed E-state index contributed by atoms with van der Waals surface area (Å²) in [5, 5.41) is 1.22. The minimum Gasteiger partial charge on any atom is -1.00 e. The van der Waals surface area contributed by atoms with Crippen molar-refractivity contribution >= 4 is 31.0 Å². The maximum atomic E-state index is 13.3. The quantitative estimate of drug-likeness (QED) is 0.336. The molecule has 4 nitrogen and oxygen atoms in total. The van der Waals surface area contributed by atoms with Gasteiger partial charge in [-0.2, -0.15) is 0 Å². The van der Waals surface area contributed by atoms with Gasteiger partial charge in [0.05, 0.1) is 30.1 Å². The second kappa shape index (κ2) is 14.3. The van der Waals surface area contributed by atoms with Gasteiger partial charge in [-0.15, -0.1) is 0 Å². The summed E-state index contributed by atoms with van der Waals surface area (Å²) in [6.07, 6.45) is 0. The molecule has 1 unspecified atom stereocenters. The van der Waals surface area contributed by atoms with E-state index in [2.05, 4.69) is 41.5 Å². The van der Waals surface area contributed by atoms with E-state index in [9.17, 15) is 4.79 Å². The predicted octanol–water partition coefficient (Wildman–Crippen LogP) is 4.01. The molecule has 2 aromatic carbocycles. The topological polar surface area (TPSA) is 44.8 Å². The maximum Gasteiger partial charge on any atom is 1.00 e. The van der Waals surface area contributed by atoms with Crippen LogP contribution >= 0.6 is 20.2 Å². The number of ether oxygens (including phenoxy) is 3. The molecule has 0 amide bonds. The van der Waals surface area contributed by atoms with Crippen molar-refractivity contribution in [2.45, 2.75) is 48.5 Å². The zero-order valence-corrected chi connectivity index (χ0v) is 23.0. The molecule has 0 bridgehead atoms. The van der Waals surface area contributed by atoms with E-state index in [0.717, 1.165) is 10.9 Å². The molecule has 2 aromatic rings. The monoisotopic (exact) mass is 486 g/mol. The first-order valence-corrected chi connectivity index (χ1v) is 12.6. The number of rotatable bonds is 12. The average Bonchev–Trinajstić information content (AvgIpc) is 2.70. The Bertz CT molecular complexity index is 868. The second-order valence-corrected chi connectivity index (χ2v) is 10.9. The average molecular weight is 487 g/mol. The standard InChI is InChI=1S/C26H36ClO4P.Li.H/c1-16(2)13-29-20-11-22(30-14-17(3)4)25(23(12-20)31-15-18(5)6)32-26(28)24-19(7)9-8-10-21(24)27;;/h8-12,16-18,32H,13-15H2,1-7H3;;/q;+1;-1. The van der Waals surface area contributed by atoms with Crippen LogP contribution in [0.25, 0.3) is 0 Å². The number of benzene rings is 2. The van der Waals surface area contributed by atoms with E-state index in [1.807, 2.05) is 31.2 Å². The Balaban J connectivity index is 0.00000544. The van der Waals surface area contributed by atoms with Crippen molar-refractivity contribution in [1.82, 2.24) is 0 Å². The van der Waals surface area contributed by atoms with E-state index in [1.165, 1.54) is 0 Å². The molecule has 0 aliphatic carbocycles. The van der Waals surface area contributed by atoms with Crippen LogP contribution in [0.3, 0.4) is 0 Å². The number of aryl methyl sites for hydroxylation is 1. The predicted molar refractivity (Wildman–Crippen MR) is 137 cm³/mol. The summed E-state index contributed by atoms with van der Waals surface area (Å²) < 4.78 is 18.3. The zero-order valence-electron chi connectivity index (χ0n) is 22.3. The van der Waals surface area contributed by atoms with Crippen molar-refractivity contribution in [2.24, 2.45) is 17.8 Å². The Morgan fingerprint density at radius 2 is 1.39 bits per heavy atom. The minimum atomic E-state index is -0.182. The molecular weight excluding hydrogens is 450 g/mol. The van der Waals surface area contributed by atoms with Gasteiger partial charge < -0.3 is 15.6 Å². The van der Waals surface area contributed by atoms with Gasteiger partial charge in [-0.25, -0.2) is 0 Å². The summed E-state index contributed by atoms with van der Waals surface area (Å²) in [7, 11) is -0.182. The Morgan fingerprint density at radius 1 is 0.909 bits per heavy atom. The van der Waals surface area contributed by atoms with Gasteiger partial charge >= 0.3 is 18.9 Å². The molecule has 0 saturated heterocycles. The van der Waals surface area contributed by atoms with Crippen LogP contribution in [0.5, 0.6) is 17.2 Å². The van der Waals surface area contributed by atoms with Gasteiger partial charge in [0.1, 0.15) is 17.2 Å². The minimum absolute atomic E-state index is 0. The van der Waals surface area contributed by atoms with E-state index in [1.54, 1.807) is 6.07 Å². The summed E-state index contributed by atoms with van der Waals surface area (Å²) >= 11 is 6.37. The molecule has 0 N–H and O–H groups in total. The van der Waals surface area contributed by atoms with Crippen LogP contribution in [0, 0.1) is 24.7 Å². The molecule has 0 radical (unpaired) electrons. The summed E-state index contributed by atoms with van der Waals surface area (Å²) in [5.41, 5.74) is 1.38.